The van der Waals surface area contributed by atoms with Gasteiger partial charge in [-0.15, -0.1) is 0 Å². The predicted molar refractivity (Wildman–Crippen MR) is 110 cm³/mol. The predicted octanol–water partition coefficient (Wildman–Crippen LogP) is 2.43. The Balaban J connectivity index is 1.51. The number of ether oxygens (including phenoxy) is 1. The fourth-order valence-corrected chi connectivity index (χ4v) is 4.22. The van der Waals surface area contributed by atoms with Crippen molar-refractivity contribution in [2.75, 3.05) is 33.3 Å². The normalized spacial score (nSPS) is 19.9. The summed E-state index contributed by atoms with van der Waals surface area (Å²) in [7, 11) is 2.13. The maximum Gasteiger partial charge on any atom is 0.255 e. The number of fused-ring (bicyclic) bond motifs is 1. The number of likely N-dealkylation sites (N-methyl/N-ethyl adjacent to an activating group) is 2. The van der Waals surface area contributed by atoms with Crippen molar-refractivity contribution in [1.29, 1.82) is 0 Å². The molecular formula is C22H30N4O2. The summed E-state index contributed by atoms with van der Waals surface area (Å²) in [6.07, 6.45) is 3.51. The molecule has 0 amide bonds. The third-order valence-corrected chi connectivity index (χ3v) is 5.79. The highest BCUT2D eigenvalue weighted by Crippen LogP contribution is 2.21. The highest BCUT2D eigenvalue weighted by molar-refractivity contribution is 5.56. The first-order valence-electron chi connectivity index (χ1n) is 10.4. The lowest BCUT2D eigenvalue weighted by Crippen LogP contribution is -2.35. The van der Waals surface area contributed by atoms with Crippen LogP contribution in [0.15, 0.2) is 29.1 Å². The fraction of sp³-hybridized carbons (Fsp3) is 0.545. The Morgan fingerprint density at radius 1 is 1.39 bits per heavy atom. The van der Waals surface area contributed by atoms with Crippen LogP contribution in [-0.2, 0) is 24.2 Å². The minimum atomic E-state index is -0.000877. The molecule has 1 fully saturated rings. The van der Waals surface area contributed by atoms with Crippen LogP contribution in [0, 0.1) is 0 Å². The van der Waals surface area contributed by atoms with E-state index >= 15 is 0 Å². The van der Waals surface area contributed by atoms with Gasteiger partial charge in [-0.2, -0.15) is 0 Å². The van der Waals surface area contributed by atoms with Gasteiger partial charge < -0.3 is 9.72 Å². The molecular weight excluding hydrogens is 352 g/mol. The highest BCUT2D eigenvalue weighted by atomic mass is 16.5. The van der Waals surface area contributed by atoms with E-state index in [2.05, 4.69) is 40.9 Å². The Kier molecular flexibility index (Phi) is 5.90. The van der Waals surface area contributed by atoms with Crippen molar-refractivity contribution in [1.82, 2.24) is 19.8 Å². The van der Waals surface area contributed by atoms with Crippen LogP contribution >= 0.6 is 0 Å². The maximum absolute atomic E-state index is 12.6. The summed E-state index contributed by atoms with van der Waals surface area (Å²) in [5.74, 6) is 0.678. The minimum Gasteiger partial charge on any atom is -0.377 e. The summed E-state index contributed by atoms with van der Waals surface area (Å²) in [5, 5.41) is 0. The molecule has 4 rings (SSSR count). The zero-order valence-electron chi connectivity index (χ0n) is 16.9. The summed E-state index contributed by atoms with van der Waals surface area (Å²) in [4.78, 5) is 25.0. The van der Waals surface area contributed by atoms with E-state index in [-0.39, 0.29) is 5.56 Å². The van der Waals surface area contributed by atoms with Gasteiger partial charge in [0.05, 0.1) is 17.4 Å². The van der Waals surface area contributed by atoms with Gasteiger partial charge in [-0.25, -0.2) is 4.98 Å². The number of H-pyrrole nitrogens is 1. The lowest BCUT2D eigenvalue weighted by atomic mass is 10.1. The van der Waals surface area contributed by atoms with E-state index in [0.29, 0.717) is 18.5 Å². The number of aromatic nitrogens is 2. The van der Waals surface area contributed by atoms with E-state index in [4.69, 9.17) is 9.72 Å². The van der Waals surface area contributed by atoms with Gasteiger partial charge in [0.15, 0.2) is 0 Å². The SMILES string of the molecule is CCN1CCc2nc(-c3cccc(CN(C)C[C@@H]4CCCO4)c3)[nH]c(=O)c2C1. The van der Waals surface area contributed by atoms with E-state index in [1.165, 1.54) is 12.0 Å². The monoisotopic (exact) mass is 382 g/mol. The van der Waals surface area contributed by atoms with E-state index in [1.54, 1.807) is 0 Å². The lowest BCUT2D eigenvalue weighted by Gasteiger charge is -2.26. The third-order valence-electron chi connectivity index (χ3n) is 5.79. The first kappa shape index (κ1) is 19.3. The number of hydrogen-bond donors (Lipinski definition) is 1. The molecule has 0 unspecified atom stereocenters. The Morgan fingerprint density at radius 3 is 3.07 bits per heavy atom. The van der Waals surface area contributed by atoms with Gasteiger partial charge in [0.2, 0.25) is 0 Å². The van der Waals surface area contributed by atoms with Crippen LogP contribution in [0.5, 0.6) is 0 Å². The molecule has 0 spiro atoms. The van der Waals surface area contributed by atoms with Crippen molar-refractivity contribution in [3.63, 3.8) is 0 Å². The molecule has 2 aliphatic rings. The van der Waals surface area contributed by atoms with Gasteiger partial charge in [0, 0.05) is 44.8 Å². The Labute approximate surface area is 166 Å². The zero-order chi connectivity index (χ0) is 19.5. The summed E-state index contributed by atoms with van der Waals surface area (Å²) in [6.45, 7) is 7.45. The maximum atomic E-state index is 12.6. The molecule has 0 saturated carbocycles. The highest BCUT2D eigenvalue weighted by Gasteiger charge is 2.21. The van der Waals surface area contributed by atoms with Gasteiger partial charge in [0.25, 0.3) is 5.56 Å². The molecule has 1 N–H and O–H groups in total. The molecule has 150 valence electrons. The third kappa shape index (κ3) is 4.35. The molecule has 1 atom stereocenters. The second kappa shape index (κ2) is 8.55. The topological polar surface area (TPSA) is 61.5 Å². The van der Waals surface area contributed by atoms with Crippen LogP contribution in [0.25, 0.3) is 11.4 Å². The van der Waals surface area contributed by atoms with Crippen molar-refractivity contribution < 1.29 is 4.74 Å². The summed E-state index contributed by atoms with van der Waals surface area (Å²) in [5.41, 5.74) is 3.96. The molecule has 6 nitrogen and oxygen atoms in total. The molecule has 0 radical (unpaired) electrons. The second-order valence-corrected chi connectivity index (χ2v) is 7.99. The van der Waals surface area contributed by atoms with Gasteiger partial charge in [0.1, 0.15) is 5.82 Å². The molecule has 6 heteroatoms. The largest absolute Gasteiger partial charge is 0.377 e. The molecule has 2 aliphatic heterocycles. The zero-order valence-corrected chi connectivity index (χ0v) is 16.9. The number of aromatic amines is 1. The van der Waals surface area contributed by atoms with Gasteiger partial charge >= 0.3 is 0 Å². The van der Waals surface area contributed by atoms with Crippen LogP contribution in [0.3, 0.4) is 0 Å². The van der Waals surface area contributed by atoms with Crippen LogP contribution in [0.4, 0.5) is 0 Å². The van der Waals surface area contributed by atoms with Crippen molar-refractivity contribution in [2.45, 2.75) is 45.4 Å². The quantitative estimate of drug-likeness (QED) is 0.831. The van der Waals surface area contributed by atoms with Crippen molar-refractivity contribution in [3.8, 4) is 11.4 Å². The van der Waals surface area contributed by atoms with Crippen LogP contribution in [-0.4, -0.2) is 59.2 Å². The number of benzene rings is 1. The van der Waals surface area contributed by atoms with E-state index in [0.717, 1.165) is 62.4 Å². The minimum absolute atomic E-state index is 0.000877. The number of nitrogens with one attached hydrogen (secondary N) is 1. The summed E-state index contributed by atoms with van der Waals surface area (Å²) in [6, 6.07) is 8.33. The van der Waals surface area contributed by atoms with Crippen molar-refractivity contribution in [3.05, 3.63) is 51.4 Å². The summed E-state index contributed by atoms with van der Waals surface area (Å²) < 4.78 is 5.74. The molecule has 28 heavy (non-hydrogen) atoms. The molecule has 1 aromatic carbocycles. The van der Waals surface area contributed by atoms with Gasteiger partial charge in [-0.1, -0.05) is 25.1 Å². The number of hydrogen-bond acceptors (Lipinski definition) is 5. The van der Waals surface area contributed by atoms with Crippen molar-refractivity contribution in [2.24, 2.45) is 0 Å². The van der Waals surface area contributed by atoms with Crippen LogP contribution in [0.1, 0.15) is 36.6 Å². The Hall–Kier alpha value is -2.02. The average molecular weight is 383 g/mol. The van der Waals surface area contributed by atoms with Crippen molar-refractivity contribution >= 4 is 0 Å². The molecule has 2 aromatic rings. The second-order valence-electron chi connectivity index (χ2n) is 7.99. The molecule has 3 heterocycles. The van der Waals surface area contributed by atoms with E-state index in [9.17, 15) is 4.79 Å². The van der Waals surface area contributed by atoms with Crippen LogP contribution in [0.2, 0.25) is 0 Å². The Morgan fingerprint density at radius 2 is 2.29 bits per heavy atom. The summed E-state index contributed by atoms with van der Waals surface area (Å²) >= 11 is 0. The van der Waals surface area contributed by atoms with Gasteiger partial charge in [-0.05, 0) is 38.1 Å². The Bertz CT molecular complexity index is 873. The molecule has 0 aliphatic carbocycles. The molecule has 1 saturated heterocycles. The smallest absolute Gasteiger partial charge is 0.255 e. The van der Waals surface area contributed by atoms with E-state index < -0.39 is 0 Å². The average Bonchev–Trinajstić information content (AvgIpc) is 3.20. The number of nitrogens with zero attached hydrogens (tertiary/aromatic N) is 3. The number of rotatable bonds is 6. The first-order valence-corrected chi connectivity index (χ1v) is 10.4. The molecule has 1 aromatic heterocycles. The van der Waals surface area contributed by atoms with E-state index in [1.807, 2.05) is 12.1 Å². The first-order chi connectivity index (χ1) is 13.6. The lowest BCUT2D eigenvalue weighted by molar-refractivity contribution is 0.0793. The van der Waals surface area contributed by atoms with Crippen LogP contribution < -0.4 is 5.56 Å². The standard InChI is InChI=1S/C22H30N4O2/c1-3-26-10-9-20-19(15-26)22(27)24-21(23-20)17-7-4-6-16(12-17)13-25(2)14-18-8-5-11-28-18/h4,6-7,12,18H,3,5,8-11,13-15H2,1-2H3,(H,23,24,27)/t18-/m0/s1. The molecule has 0 bridgehead atoms. The van der Waals surface area contributed by atoms with Gasteiger partial charge in [-0.3, -0.25) is 14.6 Å². The fourth-order valence-electron chi connectivity index (χ4n) is 4.22.